The summed E-state index contributed by atoms with van der Waals surface area (Å²) in [4.78, 5) is 8.19. The second kappa shape index (κ2) is 7.14. The van der Waals surface area contributed by atoms with Crippen molar-refractivity contribution in [3.8, 4) is 11.8 Å². The van der Waals surface area contributed by atoms with E-state index in [1.807, 2.05) is 0 Å². The van der Waals surface area contributed by atoms with Gasteiger partial charge in [-0.2, -0.15) is 0 Å². The smallest absolute Gasteiger partial charge is 0.278 e. The van der Waals surface area contributed by atoms with Crippen molar-refractivity contribution in [3.05, 3.63) is 24.9 Å². The van der Waals surface area contributed by atoms with E-state index < -0.39 is 10.0 Å². The van der Waals surface area contributed by atoms with Crippen LogP contribution in [0.5, 0.6) is 11.8 Å². The number of hydrogen-bond donors (Lipinski definition) is 1. The van der Waals surface area contributed by atoms with Crippen molar-refractivity contribution in [1.82, 2.24) is 19.8 Å². The van der Waals surface area contributed by atoms with Crippen LogP contribution in [0.25, 0.3) is 0 Å². The third-order valence-electron chi connectivity index (χ3n) is 3.82. The molecule has 9 nitrogen and oxygen atoms in total. The number of nitrogens with zero attached hydrogens (tertiary/aromatic N) is 3. The molecule has 2 aromatic rings. The van der Waals surface area contributed by atoms with Gasteiger partial charge in [-0.05, 0) is 25.7 Å². The van der Waals surface area contributed by atoms with Gasteiger partial charge in [0.05, 0.1) is 13.3 Å². The number of methoxy groups -OCH3 is 1. The van der Waals surface area contributed by atoms with E-state index in [4.69, 9.17) is 9.47 Å². The number of aromatic nitrogens is 3. The Labute approximate surface area is 139 Å². The van der Waals surface area contributed by atoms with Gasteiger partial charge < -0.3 is 14.0 Å². The monoisotopic (exact) mass is 354 g/mol. The first kappa shape index (κ1) is 16.7. The molecule has 1 fully saturated rings. The van der Waals surface area contributed by atoms with Crippen LogP contribution in [0.3, 0.4) is 0 Å². The summed E-state index contributed by atoms with van der Waals surface area (Å²) in [5.74, 6) is 0.696. The lowest BCUT2D eigenvalue weighted by Gasteiger charge is -2.28. The van der Waals surface area contributed by atoms with Gasteiger partial charge in [-0.3, -0.25) is 0 Å². The molecule has 1 saturated carbocycles. The molecule has 0 atom stereocenters. The van der Waals surface area contributed by atoms with Crippen LogP contribution in [0.1, 0.15) is 25.7 Å². The molecule has 0 aromatic carbocycles. The maximum Gasteiger partial charge on any atom is 0.278 e. The Kier molecular flexibility index (Phi) is 4.95. The molecule has 1 aliphatic carbocycles. The van der Waals surface area contributed by atoms with Crippen molar-refractivity contribution in [3.63, 3.8) is 0 Å². The fourth-order valence-corrected chi connectivity index (χ4v) is 3.77. The van der Waals surface area contributed by atoms with Gasteiger partial charge in [0, 0.05) is 18.4 Å². The number of nitrogens with one attached hydrogen (secondary N) is 1. The van der Waals surface area contributed by atoms with Crippen molar-refractivity contribution >= 4 is 10.0 Å². The van der Waals surface area contributed by atoms with E-state index in [1.165, 1.54) is 25.7 Å². The highest BCUT2D eigenvalue weighted by atomic mass is 32.2. The Morgan fingerprint density at radius 1 is 1.17 bits per heavy atom. The van der Waals surface area contributed by atoms with Gasteiger partial charge in [-0.15, -0.1) is 0 Å². The Balaban J connectivity index is 1.54. The van der Waals surface area contributed by atoms with E-state index in [2.05, 4.69) is 24.4 Å². The van der Waals surface area contributed by atoms with Crippen LogP contribution in [0.15, 0.2) is 34.3 Å². The average molecular weight is 354 g/mol. The van der Waals surface area contributed by atoms with Gasteiger partial charge in [-0.25, -0.2) is 23.1 Å². The molecular formula is C14H18N4O5S. The third kappa shape index (κ3) is 3.82. The van der Waals surface area contributed by atoms with Crippen molar-refractivity contribution in [2.75, 3.05) is 7.11 Å². The lowest BCUT2D eigenvalue weighted by atomic mass is 9.94. The average Bonchev–Trinajstić information content (AvgIpc) is 3.12. The van der Waals surface area contributed by atoms with E-state index in [0.717, 1.165) is 6.26 Å². The molecule has 10 heteroatoms. The van der Waals surface area contributed by atoms with Crippen LogP contribution >= 0.6 is 0 Å². The molecule has 1 N–H and O–H groups in total. The largest absolute Gasteiger partial charge is 0.477 e. The second-order valence-electron chi connectivity index (χ2n) is 5.44. The fourth-order valence-electron chi connectivity index (χ4n) is 2.61. The van der Waals surface area contributed by atoms with Gasteiger partial charge in [0.15, 0.2) is 0 Å². The first-order chi connectivity index (χ1) is 11.6. The lowest BCUT2D eigenvalue weighted by Crippen LogP contribution is -2.39. The zero-order valence-corrected chi connectivity index (χ0v) is 13.9. The van der Waals surface area contributed by atoms with Crippen LogP contribution in [0.4, 0.5) is 0 Å². The topological polar surface area (TPSA) is 116 Å². The molecule has 1 aliphatic rings. The first-order valence-electron chi connectivity index (χ1n) is 7.52. The summed E-state index contributed by atoms with van der Waals surface area (Å²) in [6.07, 6.45) is 8.04. The van der Waals surface area contributed by atoms with Gasteiger partial charge in [-0.1, -0.05) is 5.16 Å². The van der Waals surface area contributed by atoms with Crippen molar-refractivity contribution in [2.45, 2.75) is 42.7 Å². The van der Waals surface area contributed by atoms with Crippen molar-refractivity contribution < 1.29 is 22.4 Å². The molecule has 2 aromatic heterocycles. The standard InChI is InChI=1S/C14H18N4O5S/c1-21-13-14(16-7-6-15-13)23-11-4-2-10(3-5-11)18-24(19,20)12-8-17-22-9-12/h6-11,18H,2-5H2,1H3. The van der Waals surface area contributed by atoms with Crippen LogP contribution in [-0.2, 0) is 10.0 Å². The van der Waals surface area contributed by atoms with Crippen LogP contribution < -0.4 is 14.2 Å². The quantitative estimate of drug-likeness (QED) is 0.821. The fraction of sp³-hybridized carbons (Fsp3) is 0.500. The SMILES string of the molecule is COc1nccnc1OC1CCC(NS(=O)(=O)c2cnoc2)CC1. The van der Waals surface area contributed by atoms with Gasteiger partial charge in [0.1, 0.15) is 17.3 Å². The molecule has 0 aliphatic heterocycles. The van der Waals surface area contributed by atoms with Crippen LogP contribution in [0.2, 0.25) is 0 Å². The van der Waals surface area contributed by atoms with Gasteiger partial charge in [0.2, 0.25) is 10.0 Å². The molecule has 2 heterocycles. The maximum absolute atomic E-state index is 12.1. The summed E-state index contributed by atoms with van der Waals surface area (Å²) in [5.41, 5.74) is 0. The molecule has 0 bridgehead atoms. The summed E-state index contributed by atoms with van der Waals surface area (Å²) in [6, 6.07) is -0.145. The van der Waals surface area contributed by atoms with E-state index >= 15 is 0 Å². The molecule has 0 unspecified atom stereocenters. The number of ether oxygens (including phenoxy) is 2. The van der Waals surface area contributed by atoms with Gasteiger partial charge >= 0.3 is 0 Å². The normalized spacial score (nSPS) is 21.4. The van der Waals surface area contributed by atoms with Crippen molar-refractivity contribution in [1.29, 1.82) is 0 Å². The minimum Gasteiger partial charge on any atom is -0.477 e. The highest BCUT2D eigenvalue weighted by molar-refractivity contribution is 7.89. The summed E-state index contributed by atoms with van der Waals surface area (Å²) in [5, 5.41) is 3.42. The van der Waals surface area contributed by atoms with E-state index in [9.17, 15) is 8.42 Å². The zero-order chi connectivity index (χ0) is 17.0. The minimum absolute atomic E-state index is 0.0326. The third-order valence-corrected chi connectivity index (χ3v) is 5.29. The Bertz CT molecular complexity index is 757. The summed E-state index contributed by atoms with van der Waals surface area (Å²) in [7, 11) is -2.09. The first-order valence-corrected chi connectivity index (χ1v) is 9.00. The number of sulfonamides is 1. The van der Waals surface area contributed by atoms with E-state index in [-0.39, 0.29) is 17.0 Å². The van der Waals surface area contributed by atoms with Gasteiger partial charge in [0.25, 0.3) is 11.8 Å². The maximum atomic E-state index is 12.1. The summed E-state index contributed by atoms with van der Waals surface area (Å²) >= 11 is 0. The lowest BCUT2D eigenvalue weighted by molar-refractivity contribution is 0.132. The molecule has 0 spiro atoms. The zero-order valence-electron chi connectivity index (χ0n) is 13.1. The molecule has 3 rings (SSSR count). The predicted octanol–water partition coefficient (Wildman–Crippen LogP) is 1.14. The number of hydrogen-bond acceptors (Lipinski definition) is 8. The molecular weight excluding hydrogens is 336 g/mol. The predicted molar refractivity (Wildman–Crippen MR) is 82.1 cm³/mol. The highest BCUT2D eigenvalue weighted by Crippen LogP contribution is 2.27. The van der Waals surface area contributed by atoms with E-state index in [1.54, 1.807) is 0 Å². The Morgan fingerprint density at radius 2 is 1.88 bits per heavy atom. The second-order valence-corrected chi connectivity index (χ2v) is 7.16. The Morgan fingerprint density at radius 3 is 2.50 bits per heavy atom. The molecule has 0 saturated heterocycles. The van der Waals surface area contributed by atoms with E-state index in [0.29, 0.717) is 37.4 Å². The molecule has 130 valence electrons. The summed E-state index contributed by atoms with van der Waals surface area (Å²) < 4.78 is 42.5. The molecule has 0 radical (unpaired) electrons. The Hall–Kier alpha value is -2.20. The van der Waals surface area contributed by atoms with Crippen LogP contribution in [-0.4, -0.2) is 42.8 Å². The molecule has 24 heavy (non-hydrogen) atoms. The van der Waals surface area contributed by atoms with Crippen molar-refractivity contribution in [2.24, 2.45) is 0 Å². The minimum atomic E-state index is -3.59. The highest BCUT2D eigenvalue weighted by Gasteiger charge is 2.28. The van der Waals surface area contributed by atoms with Crippen LogP contribution in [0, 0.1) is 0 Å². The number of rotatable bonds is 6. The summed E-state index contributed by atoms with van der Waals surface area (Å²) in [6.45, 7) is 0. The molecule has 0 amide bonds.